The molecule has 0 saturated heterocycles. The van der Waals surface area contributed by atoms with Crippen molar-refractivity contribution < 1.29 is 14.3 Å². The molecule has 0 bridgehead atoms. The van der Waals surface area contributed by atoms with Gasteiger partial charge in [-0.1, -0.05) is 17.7 Å². The molecule has 1 atom stereocenters. The van der Waals surface area contributed by atoms with Gasteiger partial charge in [0.1, 0.15) is 11.7 Å². The Morgan fingerprint density at radius 2 is 1.68 bits per heavy atom. The van der Waals surface area contributed by atoms with Crippen LogP contribution in [0.15, 0.2) is 12.1 Å². The standard InChI is InChI=1S/C16H22O3/c1-6-19-16(18)15(13(5)17)9-14-11(3)7-10(2)8-12(14)4/h7-8,15H,6,9H2,1-5H3. The molecule has 104 valence electrons. The minimum absolute atomic E-state index is 0.141. The minimum Gasteiger partial charge on any atom is -0.465 e. The van der Waals surface area contributed by atoms with Gasteiger partial charge in [-0.3, -0.25) is 9.59 Å². The normalized spacial score (nSPS) is 12.1. The lowest BCUT2D eigenvalue weighted by atomic mass is 9.89. The number of benzene rings is 1. The largest absolute Gasteiger partial charge is 0.465 e. The second-order valence-electron chi connectivity index (χ2n) is 5.00. The van der Waals surface area contributed by atoms with Gasteiger partial charge in [0.15, 0.2) is 0 Å². The number of rotatable bonds is 5. The molecule has 0 heterocycles. The van der Waals surface area contributed by atoms with Crippen LogP contribution in [0, 0.1) is 26.7 Å². The third-order valence-electron chi connectivity index (χ3n) is 3.31. The first kappa shape index (κ1) is 15.4. The first-order chi connectivity index (χ1) is 8.86. The van der Waals surface area contributed by atoms with Crippen molar-refractivity contribution in [2.75, 3.05) is 6.61 Å². The summed E-state index contributed by atoms with van der Waals surface area (Å²) in [5.41, 5.74) is 4.49. The lowest BCUT2D eigenvalue weighted by Gasteiger charge is -2.16. The maximum absolute atomic E-state index is 11.8. The van der Waals surface area contributed by atoms with E-state index >= 15 is 0 Å². The molecule has 0 aliphatic rings. The molecule has 0 fully saturated rings. The molecule has 0 radical (unpaired) electrons. The van der Waals surface area contributed by atoms with Gasteiger partial charge in [0, 0.05) is 0 Å². The summed E-state index contributed by atoms with van der Waals surface area (Å²) < 4.78 is 4.98. The smallest absolute Gasteiger partial charge is 0.316 e. The predicted molar refractivity (Wildman–Crippen MR) is 75.2 cm³/mol. The van der Waals surface area contributed by atoms with Gasteiger partial charge in [0.25, 0.3) is 0 Å². The summed E-state index contributed by atoms with van der Waals surface area (Å²) in [6.45, 7) is 9.55. The second kappa shape index (κ2) is 6.50. The number of hydrogen-bond donors (Lipinski definition) is 0. The molecule has 1 aromatic carbocycles. The summed E-state index contributed by atoms with van der Waals surface area (Å²) in [6.07, 6.45) is 0.423. The zero-order chi connectivity index (χ0) is 14.6. The first-order valence-corrected chi connectivity index (χ1v) is 6.60. The summed E-state index contributed by atoms with van der Waals surface area (Å²) >= 11 is 0. The fraction of sp³-hybridized carbons (Fsp3) is 0.500. The van der Waals surface area contributed by atoms with Crippen LogP contribution >= 0.6 is 0 Å². The van der Waals surface area contributed by atoms with Crippen LogP contribution in [0.2, 0.25) is 0 Å². The quantitative estimate of drug-likeness (QED) is 0.605. The van der Waals surface area contributed by atoms with Crippen molar-refractivity contribution in [3.05, 3.63) is 34.4 Å². The highest BCUT2D eigenvalue weighted by molar-refractivity contribution is 5.98. The lowest BCUT2D eigenvalue weighted by molar-refractivity contribution is -0.151. The Kier molecular flexibility index (Phi) is 5.28. The van der Waals surface area contributed by atoms with Gasteiger partial charge in [-0.25, -0.2) is 0 Å². The molecule has 0 aromatic heterocycles. The first-order valence-electron chi connectivity index (χ1n) is 6.60. The molecule has 0 N–H and O–H groups in total. The van der Waals surface area contributed by atoms with Crippen molar-refractivity contribution in [1.29, 1.82) is 0 Å². The number of hydrogen-bond acceptors (Lipinski definition) is 3. The summed E-state index contributed by atoms with van der Waals surface area (Å²) in [6, 6.07) is 4.15. The van der Waals surface area contributed by atoms with Crippen molar-refractivity contribution >= 4 is 11.8 Å². The highest BCUT2D eigenvalue weighted by Crippen LogP contribution is 2.21. The molecule has 0 aliphatic carbocycles. The van der Waals surface area contributed by atoms with E-state index in [4.69, 9.17) is 4.74 Å². The Hall–Kier alpha value is -1.64. The average Bonchev–Trinajstić information content (AvgIpc) is 2.27. The third kappa shape index (κ3) is 3.91. The summed E-state index contributed by atoms with van der Waals surface area (Å²) in [5.74, 6) is -1.26. The number of Topliss-reactive ketones (excluding diaryl/α,β-unsaturated/α-hetero) is 1. The highest BCUT2D eigenvalue weighted by Gasteiger charge is 2.26. The molecular weight excluding hydrogens is 240 g/mol. The Morgan fingerprint density at radius 3 is 2.11 bits per heavy atom. The maximum atomic E-state index is 11.8. The van der Waals surface area contributed by atoms with Crippen molar-refractivity contribution in [3.63, 3.8) is 0 Å². The molecular formula is C16H22O3. The molecule has 1 rings (SSSR count). The molecule has 0 amide bonds. The van der Waals surface area contributed by atoms with Crippen molar-refractivity contribution in [2.24, 2.45) is 5.92 Å². The molecule has 19 heavy (non-hydrogen) atoms. The topological polar surface area (TPSA) is 43.4 Å². The number of ether oxygens (including phenoxy) is 1. The highest BCUT2D eigenvalue weighted by atomic mass is 16.5. The fourth-order valence-electron chi connectivity index (χ4n) is 2.37. The van der Waals surface area contributed by atoms with E-state index in [1.54, 1.807) is 6.92 Å². The van der Waals surface area contributed by atoms with Crippen LogP contribution in [-0.2, 0) is 20.7 Å². The van der Waals surface area contributed by atoms with E-state index in [-0.39, 0.29) is 5.78 Å². The summed E-state index contributed by atoms with van der Waals surface area (Å²) in [4.78, 5) is 23.5. The van der Waals surface area contributed by atoms with Crippen LogP contribution in [0.3, 0.4) is 0 Å². The molecule has 0 spiro atoms. The SMILES string of the molecule is CCOC(=O)C(Cc1c(C)cc(C)cc1C)C(C)=O. The number of ketones is 1. The van der Waals surface area contributed by atoms with Crippen molar-refractivity contribution in [1.82, 2.24) is 0 Å². The number of carbonyl (C=O) groups excluding carboxylic acids is 2. The van der Waals surface area contributed by atoms with Crippen molar-refractivity contribution in [2.45, 2.75) is 41.0 Å². The zero-order valence-electron chi connectivity index (χ0n) is 12.4. The van der Waals surface area contributed by atoms with E-state index in [0.29, 0.717) is 13.0 Å². The van der Waals surface area contributed by atoms with Crippen LogP contribution in [0.25, 0.3) is 0 Å². The van der Waals surface area contributed by atoms with E-state index < -0.39 is 11.9 Å². The maximum Gasteiger partial charge on any atom is 0.316 e. The monoisotopic (exact) mass is 262 g/mol. The van der Waals surface area contributed by atoms with Gasteiger partial charge in [-0.05, 0) is 57.7 Å². The molecule has 1 unspecified atom stereocenters. The molecule has 0 aliphatic heterocycles. The van der Waals surface area contributed by atoms with Crippen LogP contribution in [0.4, 0.5) is 0 Å². The minimum atomic E-state index is -0.694. The third-order valence-corrected chi connectivity index (χ3v) is 3.31. The predicted octanol–water partition coefficient (Wildman–Crippen LogP) is 2.92. The van der Waals surface area contributed by atoms with Crippen LogP contribution in [0.5, 0.6) is 0 Å². The van der Waals surface area contributed by atoms with E-state index in [0.717, 1.165) is 16.7 Å². The van der Waals surface area contributed by atoms with Gasteiger partial charge in [-0.2, -0.15) is 0 Å². The Morgan fingerprint density at radius 1 is 1.16 bits per heavy atom. The van der Waals surface area contributed by atoms with Gasteiger partial charge < -0.3 is 4.74 Å². The van der Waals surface area contributed by atoms with Gasteiger partial charge in [-0.15, -0.1) is 0 Å². The van der Waals surface area contributed by atoms with E-state index in [1.165, 1.54) is 12.5 Å². The average molecular weight is 262 g/mol. The Balaban J connectivity index is 3.04. The second-order valence-corrected chi connectivity index (χ2v) is 5.00. The van der Waals surface area contributed by atoms with Crippen LogP contribution in [0.1, 0.15) is 36.1 Å². The summed E-state index contributed by atoms with van der Waals surface area (Å²) in [7, 11) is 0. The summed E-state index contributed by atoms with van der Waals surface area (Å²) in [5, 5.41) is 0. The lowest BCUT2D eigenvalue weighted by Crippen LogP contribution is -2.27. The van der Waals surface area contributed by atoms with Gasteiger partial charge >= 0.3 is 5.97 Å². The van der Waals surface area contributed by atoms with E-state index in [2.05, 4.69) is 12.1 Å². The number of carbonyl (C=O) groups is 2. The zero-order valence-corrected chi connectivity index (χ0v) is 12.4. The van der Waals surface area contributed by atoms with Crippen LogP contribution < -0.4 is 0 Å². The van der Waals surface area contributed by atoms with Gasteiger partial charge in [0.2, 0.25) is 0 Å². The molecule has 0 saturated carbocycles. The number of esters is 1. The molecule has 3 nitrogen and oxygen atoms in total. The van der Waals surface area contributed by atoms with E-state index in [1.807, 2.05) is 20.8 Å². The Labute approximate surface area is 115 Å². The van der Waals surface area contributed by atoms with Crippen molar-refractivity contribution in [3.8, 4) is 0 Å². The van der Waals surface area contributed by atoms with Gasteiger partial charge in [0.05, 0.1) is 6.61 Å². The Bertz CT molecular complexity index is 466. The van der Waals surface area contributed by atoms with Crippen LogP contribution in [-0.4, -0.2) is 18.4 Å². The molecule has 3 heteroatoms. The number of aryl methyl sites for hydroxylation is 3. The fourth-order valence-corrected chi connectivity index (χ4v) is 2.37. The van der Waals surface area contributed by atoms with E-state index in [9.17, 15) is 9.59 Å². The molecule has 1 aromatic rings.